The molecule has 1 N–H and O–H groups in total. The van der Waals surface area contributed by atoms with Crippen LogP contribution in [0.2, 0.25) is 0 Å². The van der Waals surface area contributed by atoms with Crippen molar-refractivity contribution in [3.8, 4) is 27.8 Å². The number of nitriles is 1. The monoisotopic (exact) mass is 406 g/mol. The first-order valence-electron chi connectivity index (χ1n) is 9.09. The molecule has 3 heterocycles. The Morgan fingerprint density at radius 3 is 2.86 bits per heavy atom. The molecule has 0 atom stereocenters. The van der Waals surface area contributed by atoms with Gasteiger partial charge in [0.05, 0.1) is 47.3 Å². The van der Waals surface area contributed by atoms with Crippen LogP contribution in [0.5, 0.6) is 0 Å². The second kappa shape index (κ2) is 8.34. The summed E-state index contributed by atoms with van der Waals surface area (Å²) in [5.74, 6) is 0. The van der Waals surface area contributed by atoms with Crippen molar-refractivity contribution in [3.05, 3.63) is 47.8 Å². The van der Waals surface area contributed by atoms with Crippen molar-refractivity contribution in [3.63, 3.8) is 0 Å². The summed E-state index contributed by atoms with van der Waals surface area (Å²) in [5.41, 5.74) is 3.68. The number of anilines is 1. The van der Waals surface area contributed by atoms with Gasteiger partial charge < -0.3 is 9.64 Å². The van der Waals surface area contributed by atoms with Crippen LogP contribution in [0.25, 0.3) is 21.7 Å². The van der Waals surface area contributed by atoms with E-state index in [0.717, 1.165) is 21.7 Å². The van der Waals surface area contributed by atoms with Crippen molar-refractivity contribution in [2.45, 2.75) is 6.92 Å². The van der Waals surface area contributed by atoms with Crippen LogP contribution < -0.4 is 5.32 Å². The molecular weight excluding hydrogens is 388 g/mol. The zero-order valence-electron chi connectivity index (χ0n) is 15.8. The van der Waals surface area contributed by atoms with E-state index in [1.165, 1.54) is 11.3 Å². The van der Waals surface area contributed by atoms with Crippen molar-refractivity contribution in [1.82, 2.24) is 20.1 Å². The van der Waals surface area contributed by atoms with Crippen LogP contribution in [0, 0.1) is 18.3 Å². The summed E-state index contributed by atoms with van der Waals surface area (Å²) >= 11 is 1.37. The number of thiazole rings is 1. The zero-order chi connectivity index (χ0) is 20.2. The third-order valence-corrected chi connectivity index (χ3v) is 5.46. The molecule has 29 heavy (non-hydrogen) atoms. The molecule has 146 valence electrons. The molecule has 1 aliphatic heterocycles. The molecule has 0 radical (unpaired) electrons. The first-order valence-corrected chi connectivity index (χ1v) is 9.90. The molecule has 0 saturated carbocycles. The molecule has 4 rings (SSSR count). The molecule has 0 spiro atoms. The van der Waals surface area contributed by atoms with Crippen molar-refractivity contribution in [1.29, 1.82) is 5.26 Å². The Bertz CT molecular complexity index is 1080. The fraction of sp³-hybridized carbons (Fsp3) is 0.250. The quantitative estimate of drug-likeness (QED) is 0.716. The van der Waals surface area contributed by atoms with E-state index in [9.17, 15) is 10.1 Å². The average Bonchev–Trinajstić information content (AvgIpc) is 3.18. The van der Waals surface area contributed by atoms with E-state index >= 15 is 0 Å². The molecule has 2 amide bonds. The minimum atomic E-state index is -0.199. The van der Waals surface area contributed by atoms with E-state index < -0.39 is 0 Å². The SMILES string of the molecule is Cc1cc(-c2sc(NC(=O)N3CCOCC3)nc2-c2cccc(C#N)c2)cnn1. The van der Waals surface area contributed by atoms with Gasteiger partial charge in [0, 0.05) is 24.2 Å². The number of nitrogens with one attached hydrogen (secondary N) is 1. The number of rotatable bonds is 3. The lowest BCUT2D eigenvalue weighted by Gasteiger charge is -2.26. The topological polar surface area (TPSA) is 104 Å². The number of urea groups is 1. The molecule has 0 bridgehead atoms. The summed E-state index contributed by atoms with van der Waals surface area (Å²) in [5, 5.41) is 20.7. The lowest BCUT2D eigenvalue weighted by molar-refractivity contribution is 0.0564. The third kappa shape index (κ3) is 4.23. The van der Waals surface area contributed by atoms with E-state index in [4.69, 9.17) is 4.74 Å². The van der Waals surface area contributed by atoms with E-state index in [2.05, 4.69) is 26.6 Å². The van der Waals surface area contributed by atoms with Gasteiger partial charge >= 0.3 is 6.03 Å². The van der Waals surface area contributed by atoms with Crippen LogP contribution in [-0.4, -0.2) is 52.4 Å². The van der Waals surface area contributed by atoms with E-state index in [1.54, 1.807) is 23.2 Å². The van der Waals surface area contributed by atoms with Crippen LogP contribution in [0.15, 0.2) is 36.5 Å². The largest absolute Gasteiger partial charge is 0.378 e. The predicted octanol–water partition coefficient (Wildman–Crippen LogP) is 3.31. The number of hydrogen-bond acceptors (Lipinski definition) is 7. The Morgan fingerprint density at radius 1 is 1.28 bits per heavy atom. The van der Waals surface area contributed by atoms with Gasteiger partial charge in [-0.15, -0.1) is 0 Å². The number of hydrogen-bond donors (Lipinski definition) is 1. The van der Waals surface area contributed by atoms with Crippen LogP contribution >= 0.6 is 11.3 Å². The van der Waals surface area contributed by atoms with Crippen molar-refractivity contribution in [2.75, 3.05) is 31.6 Å². The molecule has 1 aliphatic rings. The molecule has 8 nitrogen and oxygen atoms in total. The zero-order valence-corrected chi connectivity index (χ0v) is 16.6. The smallest absolute Gasteiger partial charge is 0.323 e. The highest BCUT2D eigenvalue weighted by Crippen LogP contribution is 2.39. The maximum atomic E-state index is 12.6. The van der Waals surface area contributed by atoms with E-state index in [1.807, 2.05) is 25.1 Å². The third-order valence-electron chi connectivity index (χ3n) is 4.44. The lowest BCUT2D eigenvalue weighted by atomic mass is 10.1. The molecule has 0 unspecified atom stereocenters. The summed E-state index contributed by atoms with van der Waals surface area (Å²) in [6.45, 7) is 4.03. The molecular formula is C20H18N6O2S. The highest BCUT2D eigenvalue weighted by atomic mass is 32.1. The van der Waals surface area contributed by atoms with Gasteiger partial charge in [-0.25, -0.2) is 9.78 Å². The maximum Gasteiger partial charge on any atom is 0.323 e. The molecule has 1 aromatic carbocycles. The lowest BCUT2D eigenvalue weighted by Crippen LogP contribution is -2.43. The fourth-order valence-corrected chi connectivity index (χ4v) is 3.99. The van der Waals surface area contributed by atoms with Gasteiger partial charge in [0.15, 0.2) is 5.13 Å². The molecule has 1 fully saturated rings. The second-order valence-electron chi connectivity index (χ2n) is 6.50. The number of amides is 2. The fourth-order valence-electron chi connectivity index (χ4n) is 3.04. The van der Waals surface area contributed by atoms with Gasteiger partial charge in [-0.1, -0.05) is 23.5 Å². The van der Waals surface area contributed by atoms with Crippen molar-refractivity contribution in [2.24, 2.45) is 0 Å². The number of benzene rings is 1. The number of morpholine rings is 1. The molecule has 1 saturated heterocycles. The Balaban J connectivity index is 1.72. The number of carbonyl (C=O) groups excluding carboxylic acids is 1. The first-order chi connectivity index (χ1) is 14.1. The Morgan fingerprint density at radius 2 is 2.10 bits per heavy atom. The second-order valence-corrected chi connectivity index (χ2v) is 7.50. The average molecular weight is 406 g/mol. The Labute approximate surface area is 171 Å². The van der Waals surface area contributed by atoms with Gasteiger partial charge in [-0.3, -0.25) is 5.32 Å². The van der Waals surface area contributed by atoms with Crippen molar-refractivity contribution >= 4 is 22.5 Å². The van der Waals surface area contributed by atoms with E-state index in [0.29, 0.717) is 42.7 Å². The standard InChI is InChI=1S/C20H18N6O2S/c1-13-9-16(12-22-25-13)18-17(15-4-2-3-14(10-15)11-21)23-19(29-18)24-20(27)26-5-7-28-8-6-26/h2-4,9-10,12H,5-8H2,1H3,(H,23,24,27). The van der Waals surface area contributed by atoms with Crippen molar-refractivity contribution < 1.29 is 9.53 Å². The summed E-state index contributed by atoms with van der Waals surface area (Å²) in [6, 6.07) is 11.1. The number of nitrogens with zero attached hydrogens (tertiary/aromatic N) is 5. The van der Waals surface area contributed by atoms with E-state index in [-0.39, 0.29) is 6.03 Å². The minimum absolute atomic E-state index is 0.199. The Kier molecular flexibility index (Phi) is 5.46. The summed E-state index contributed by atoms with van der Waals surface area (Å²) in [4.78, 5) is 19.8. The highest BCUT2D eigenvalue weighted by Gasteiger charge is 2.21. The van der Waals surface area contributed by atoms with Crippen LogP contribution in [-0.2, 0) is 4.74 Å². The molecule has 9 heteroatoms. The number of ether oxygens (including phenoxy) is 1. The first kappa shape index (κ1) is 19.0. The number of aromatic nitrogens is 3. The van der Waals surface area contributed by atoms with Gasteiger partial charge in [-0.05, 0) is 25.1 Å². The van der Waals surface area contributed by atoms with Crippen LogP contribution in [0.3, 0.4) is 0 Å². The van der Waals surface area contributed by atoms with Crippen LogP contribution in [0.4, 0.5) is 9.93 Å². The summed E-state index contributed by atoms with van der Waals surface area (Å²) in [6.07, 6.45) is 1.67. The maximum absolute atomic E-state index is 12.6. The molecule has 0 aliphatic carbocycles. The minimum Gasteiger partial charge on any atom is -0.378 e. The predicted molar refractivity (Wildman–Crippen MR) is 109 cm³/mol. The highest BCUT2D eigenvalue weighted by molar-refractivity contribution is 7.19. The van der Waals surface area contributed by atoms with Gasteiger partial charge in [0.25, 0.3) is 0 Å². The van der Waals surface area contributed by atoms with Crippen LogP contribution in [0.1, 0.15) is 11.3 Å². The number of carbonyl (C=O) groups is 1. The summed E-state index contributed by atoms with van der Waals surface area (Å²) in [7, 11) is 0. The summed E-state index contributed by atoms with van der Waals surface area (Å²) < 4.78 is 5.30. The molecule has 2 aromatic heterocycles. The number of aryl methyl sites for hydroxylation is 1. The Hall–Kier alpha value is -3.35. The van der Waals surface area contributed by atoms with Gasteiger partial charge in [0.1, 0.15) is 0 Å². The normalized spacial score (nSPS) is 13.7. The van der Waals surface area contributed by atoms with Gasteiger partial charge in [0.2, 0.25) is 0 Å². The molecule has 3 aromatic rings. The van der Waals surface area contributed by atoms with Gasteiger partial charge in [-0.2, -0.15) is 15.5 Å².